The van der Waals surface area contributed by atoms with Gasteiger partial charge >= 0.3 is 0 Å². The van der Waals surface area contributed by atoms with Crippen LogP contribution in [0.15, 0.2) is 53.4 Å². The van der Waals surface area contributed by atoms with Crippen LogP contribution in [0, 0.1) is 0 Å². The summed E-state index contributed by atoms with van der Waals surface area (Å²) in [5, 5.41) is 2.49. The molecule has 6 nitrogen and oxygen atoms in total. The van der Waals surface area contributed by atoms with Crippen LogP contribution in [0.4, 0.5) is 5.69 Å². The summed E-state index contributed by atoms with van der Waals surface area (Å²) >= 11 is 0. The summed E-state index contributed by atoms with van der Waals surface area (Å²) in [6.07, 6.45) is 0.228. The molecule has 0 spiro atoms. The number of ether oxygens (including phenoxy) is 1. The second kappa shape index (κ2) is 8.02. The predicted octanol–water partition coefficient (Wildman–Crippen LogP) is 2.56. The van der Waals surface area contributed by atoms with Crippen molar-refractivity contribution in [2.45, 2.75) is 31.3 Å². The lowest BCUT2D eigenvalue weighted by molar-refractivity contribution is -0.126. The van der Waals surface area contributed by atoms with Crippen molar-refractivity contribution < 1.29 is 17.9 Å². The second-order valence-corrected chi connectivity index (χ2v) is 7.18. The largest absolute Gasteiger partial charge is 0.481 e. The monoisotopic (exact) mass is 362 g/mol. The minimum Gasteiger partial charge on any atom is -0.481 e. The van der Waals surface area contributed by atoms with E-state index in [1.807, 2.05) is 19.1 Å². The highest BCUT2D eigenvalue weighted by molar-refractivity contribution is 7.92. The molecule has 134 valence electrons. The molecule has 0 aromatic heterocycles. The molecule has 1 atom stereocenters. The topological polar surface area (TPSA) is 84.5 Å². The van der Waals surface area contributed by atoms with Crippen LogP contribution in [0.25, 0.3) is 0 Å². The van der Waals surface area contributed by atoms with Crippen LogP contribution in [0.3, 0.4) is 0 Å². The fourth-order valence-electron chi connectivity index (χ4n) is 2.18. The Bertz CT molecular complexity index is 815. The zero-order valence-electron chi connectivity index (χ0n) is 14.4. The number of anilines is 1. The maximum absolute atomic E-state index is 12.4. The highest BCUT2D eigenvalue weighted by Crippen LogP contribution is 2.20. The van der Waals surface area contributed by atoms with E-state index >= 15 is 0 Å². The quantitative estimate of drug-likeness (QED) is 0.793. The van der Waals surface area contributed by atoms with Gasteiger partial charge in [-0.2, -0.15) is 0 Å². The molecule has 0 saturated carbocycles. The summed E-state index contributed by atoms with van der Waals surface area (Å²) < 4.78 is 32.8. The van der Waals surface area contributed by atoms with Crippen molar-refractivity contribution in [3.05, 3.63) is 54.1 Å². The van der Waals surface area contributed by atoms with Crippen molar-refractivity contribution in [2.75, 3.05) is 11.8 Å². The van der Waals surface area contributed by atoms with Gasteiger partial charge in [0.2, 0.25) is 0 Å². The molecule has 2 rings (SSSR count). The van der Waals surface area contributed by atoms with Gasteiger partial charge in [0.05, 0.1) is 4.90 Å². The van der Waals surface area contributed by atoms with Crippen LogP contribution >= 0.6 is 0 Å². The molecule has 1 amide bonds. The Morgan fingerprint density at radius 1 is 1.08 bits per heavy atom. The van der Waals surface area contributed by atoms with Gasteiger partial charge in [0.25, 0.3) is 15.9 Å². The number of carbonyl (C=O) groups is 1. The van der Waals surface area contributed by atoms with Gasteiger partial charge in [-0.3, -0.25) is 9.52 Å². The third-order valence-corrected chi connectivity index (χ3v) is 5.07. The third-order valence-electron chi connectivity index (χ3n) is 3.68. The van der Waals surface area contributed by atoms with Crippen molar-refractivity contribution in [3.63, 3.8) is 0 Å². The molecule has 0 saturated heterocycles. The molecular formula is C18H22N2O4S. The Morgan fingerprint density at radius 2 is 1.68 bits per heavy atom. The normalized spacial score (nSPS) is 12.3. The first-order valence-electron chi connectivity index (χ1n) is 7.95. The van der Waals surface area contributed by atoms with Gasteiger partial charge < -0.3 is 10.1 Å². The van der Waals surface area contributed by atoms with Gasteiger partial charge in [-0.25, -0.2) is 8.42 Å². The number of hydrogen-bond donors (Lipinski definition) is 2. The van der Waals surface area contributed by atoms with E-state index in [0.29, 0.717) is 11.4 Å². The van der Waals surface area contributed by atoms with Crippen LogP contribution in [0.5, 0.6) is 5.75 Å². The SMILES string of the molecule is CCc1ccc(NS(=O)(=O)c2ccc(O[C@@H](C)C(=O)NC)cc2)cc1. The lowest BCUT2D eigenvalue weighted by Gasteiger charge is -2.14. The van der Waals surface area contributed by atoms with Crippen LogP contribution < -0.4 is 14.8 Å². The Balaban J connectivity index is 2.10. The first-order valence-corrected chi connectivity index (χ1v) is 9.44. The van der Waals surface area contributed by atoms with Crippen molar-refractivity contribution in [1.29, 1.82) is 0 Å². The lowest BCUT2D eigenvalue weighted by atomic mass is 10.2. The van der Waals surface area contributed by atoms with Gasteiger partial charge in [0, 0.05) is 12.7 Å². The molecule has 0 fully saturated rings. The number of rotatable bonds is 7. The number of sulfonamides is 1. The van der Waals surface area contributed by atoms with Crippen molar-refractivity contribution in [3.8, 4) is 5.75 Å². The molecule has 7 heteroatoms. The molecule has 0 aliphatic heterocycles. The fraction of sp³-hybridized carbons (Fsp3) is 0.278. The van der Waals surface area contributed by atoms with E-state index in [1.54, 1.807) is 19.1 Å². The third kappa shape index (κ3) is 4.96. The molecule has 2 aromatic carbocycles. The van der Waals surface area contributed by atoms with E-state index in [4.69, 9.17) is 4.74 Å². The number of aryl methyl sites for hydroxylation is 1. The molecule has 0 radical (unpaired) electrons. The molecule has 25 heavy (non-hydrogen) atoms. The molecular weight excluding hydrogens is 340 g/mol. The average molecular weight is 362 g/mol. The van der Waals surface area contributed by atoms with E-state index in [1.165, 1.54) is 31.3 Å². The predicted molar refractivity (Wildman–Crippen MR) is 97.2 cm³/mol. The number of likely N-dealkylation sites (N-methyl/N-ethyl adjacent to an activating group) is 1. The average Bonchev–Trinajstić information content (AvgIpc) is 2.61. The van der Waals surface area contributed by atoms with Crippen molar-refractivity contribution in [2.24, 2.45) is 0 Å². The van der Waals surface area contributed by atoms with Gasteiger partial charge in [-0.05, 0) is 55.3 Å². The Labute approximate surface area is 148 Å². The van der Waals surface area contributed by atoms with Gasteiger partial charge in [0.15, 0.2) is 6.10 Å². The van der Waals surface area contributed by atoms with Crippen molar-refractivity contribution >= 4 is 21.6 Å². The molecule has 0 bridgehead atoms. The van der Waals surface area contributed by atoms with Gasteiger partial charge in [0.1, 0.15) is 5.75 Å². The molecule has 2 aromatic rings. The summed E-state index contributed by atoms with van der Waals surface area (Å²) in [4.78, 5) is 11.6. The summed E-state index contributed by atoms with van der Waals surface area (Å²) in [6.45, 7) is 3.65. The Hall–Kier alpha value is -2.54. The maximum atomic E-state index is 12.4. The maximum Gasteiger partial charge on any atom is 0.261 e. The first kappa shape index (κ1) is 18.8. The van der Waals surface area contributed by atoms with Crippen LogP contribution in [-0.4, -0.2) is 27.5 Å². The minimum absolute atomic E-state index is 0.118. The number of benzene rings is 2. The first-order chi connectivity index (χ1) is 11.9. The fourth-order valence-corrected chi connectivity index (χ4v) is 3.24. The van der Waals surface area contributed by atoms with E-state index in [0.717, 1.165) is 12.0 Å². The van der Waals surface area contributed by atoms with E-state index in [9.17, 15) is 13.2 Å². The van der Waals surface area contributed by atoms with E-state index < -0.39 is 16.1 Å². The summed E-state index contributed by atoms with van der Waals surface area (Å²) in [6, 6.07) is 13.2. The summed E-state index contributed by atoms with van der Waals surface area (Å²) in [7, 11) is -2.16. The van der Waals surface area contributed by atoms with Gasteiger partial charge in [-0.1, -0.05) is 19.1 Å². The highest BCUT2D eigenvalue weighted by atomic mass is 32.2. The molecule has 2 N–H and O–H groups in total. The summed E-state index contributed by atoms with van der Waals surface area (Å²) in [5.74, 6) is 0.163. The molecule has 0 aliphatic rings. The van der Waals surface area contributed by atoms with Gasteiger partial charge in [-0.15, -0.1) is 0 Å². The zero-order valence-corrected chi connectivity index (χ0v) is 15.3. The summed E-state index contributed by atoms with van der Waals surface area (Å²) in [5.41, 5.74) is 1.64. The lowest BCUT2D eigenvalue weighted by Crippen LogP contribution is -2.33. The molecule has 0 heterocycles. The molecule has 0 aliphatic carbocycles. The highest BCUT2D eigenvalue weighted by Gasteiger charge is 2.16. The Morgan fingerprint density at radius 3 is 2.20 bits per heavy atom. The molecule has 0 unspecified atom stereocenters. The number of nitrogens with one attached hydrogen (secondary N) is 2. The minimum atomic E-state index is -3.68. The van der Waals surface area contributed by atoms with E-state index in [2.05, 4.69) is 10.0 Å². The van der Waals surface area contributed by atoms with Crippen molar-refractivity contribution in [1.82, 2.24) is 5.32 Å². The van der Waals surface area contributed by atoms with Crippen LogP contribution in [0.2, 0.25) is 0 Å². The number of carbonyl (C=O) groups excluding carboxylic acids is 1. The second-order valence-electron chi connectivity index (χ2n) is 5.50. The number of hydrogen-bond acceptors (Lipinski definition) is 4. The van der Waals surface area contributed by atoms with E-state index in [-0.39, 0.29) is 10.8 Å². The smallest absolute Gasteiger partial charge is 0.261 e. The zero-order chi connectivity index (χ0) is 18.4. The van der Waals surface area contributed by atoms with Crippen LogP contribution in [0.1, 0.15) is 19.4 Å². The van der Waals surface area contributed by atoms with Crippen LogP contribution in [-0.2, 0) is 21.2 Å². The standard InChI is InChI=1S/C18H22N2O4S/c1-4-14-5-7-15(8-6-14)20-25(22,23)17-11-9-16(10-12-17)24-13(2)18(21)19-3/h5-13,20H,4H2,1-3H3,(H,19,21)/t13-/m0/s1. The Kier molecular flexibility index (Phi) is 6.03. The number of amides is 1.